The summed E-state index contributed by atoms with van der Waals surface area (Å²) in [5.74, 6) is -3.02. The molecule has 0 bridgehead atoms. The van der Waals surface area contributed by atoms with E-state index in [1.165, 1.54) is 0 Å². The van der Waals surface area contributed by atoms with Gasteiger partial charge in [-0.05, 0) is 6.92 Å². The third-order valence-corrected chi connectivity index (χ3v) is 0.383. The highest BCUT2D eigenvalue weighted by Gasteiger charge is 2.18. The van der Waals surface area contributed by atoms with E-state index in [4.69, 9.17) is 1.37 Å². The predicted octanol–water partition coefficient (Wildman–Crippen LogP) is 1.23. The first kappa shape index (κ1) is 4.68. The number of aldehydes is 1. The van der Waals surface area contributed by atoms with Gasteiger partial charge in [0.05, 0.1) is 6.42 Å². The molecular weight excluding hydrogens is 102 g/mol. The summed E-state index contributed by atoms with van der Waals surface area (Å²) in [7, 11) is 0. The Hall–Kier alpha value is -0.470. The van der Waals surface area contributed by atoms with Gasteiger partial charge in [-0.2, -0.15) is 0 Å². The minimum absolute atomic E-state index is 0.611. The Balaban J connectivity index is 3.55. The lowest BCUT2D eigenvalue weighted by Gasteiger charge is -2.01. The van der Waals surface area contributed by atoms with Gasteiger partial charge in [-0.25, -0.2) is 8.78 Å². The Bertz CT molecular complexity index is 96.7. The van der Waals surface area contributed by atoms with Crippen molar-refractivity contribution in [1.29, 1.82) is 0 Å². The first-order valence-corrected chi connectivity index (χ1v) is 1.79. The van der Waals surface area contributed by atoms with Gasteiger partial charge in [-0.1, -0.05) is 0 Å². The van der Waals surface area contributed by atoms with Crippen molar-refractivity contribution in [1.82, 2.24) is 0 Å². The van der Waals surface area contributed by atoms with Crippen molar-refractivity contribution in [3.05, 3.63) is 0 Å². The normalized spacial score (nSPS) is 13.3. The minimum atomic E-state index is -3.02. The molecule has 0 spiro atoms. The van der Waals surface area contributed by atoms with Crippen molar-refractivity contribution in [3.63, 3.8) is 0 Å². The maximum absolute atomic E-state index is 11.6. The van der Waals surface area contributed by atoms with Gasteiger partial charge in [0.1, 0.15) is 7.63 Å². The van der Waals surface area contributed by atoms with Crippen molar-refractivity contribution < 1.29 is 14.9 Å². The zero-order valence-corrected chi connectivity index (χ0v) is 3.87. The molecular formula is C4H6F2O. The number of carbonyl (C=O) groups is 1. The predicted molar refractivity (Wildman–Crippen MR) is 21.3 cm³/mol. The summed E-state index contributed by atoms with van der Waals surface area (Å²) in [5.41, 5.74) is 0. The zero-order valence-electron chi connectivity index (χ0n) is 4.87. The lowest BCUT2D eigenvalue weighted by Crippen LogP contribution is -2.08. The van der Waals surface area contributed by atoms with Crippen LogP contribution in [0.1, 0.15) is 14.7 Å². The van der Waals surface area contributed by atoms with Gasteiger partial charge in [-0.3, -0.25) is 0 Å². The third-order valence-electron chi connectivity index (χ3n) is 0.383. The second-order valence-corrected chi connectivity index (χ2v) is 1.39. The standard InChI is InChI=1S/C4H6F2O/c1-4(5,6)2-3-7/h3H,2H2,1H3/i3D. The quantitative estimate of drug-likeness (QED) is 0.487. The van der Waals surface area contributed by atoms with E-state index in [1.54, 1.807) is 0 Å². The van der Waals surface area contributed by atoms with Crippen LogP contribution in [0.4, 0.5) is 8.78 Å². The summed E-state index contributed by atoms with van der Waals surface area (Å²) in [6, 6.07) is 0. The Morgan fingerprint density at radius 3 is 2.43 bits per heavy atom. The van der Waals surface area contributed by atoms with Crippen LogP contribution in [-0.2, 0) is 4.79 Å². The Morgan fingerprint density at radius 2 is 2.43 bits per heavy atom. The highest BCUT2D eigenvalue weighted by molar-refractivity contribution is 5.50. The molecule has 3 heteroatoms. The van der Waals surface area contributed by atoms with E-state index in [-0.39, 0.29) is 0 Å². The fraction of sp³-hybridized carbons (Fsp3) is 0.750. The van der Waals surface area contributed by atoms with Crippen LogP contribution in [0.2, 0.25) is 0 Å². The number of rotatable bonds is 2. The molecule has 0 unspecified atom stereocenters. The minimum Gasteiger partial charge on any atom is -0.303 e. The van der Waals surface area contributed by atoms with Gasteiger partial charge in [-0.15, -0.1) is 0 Å². The number of alkyl halides is 2. The molecule has 0 atom stereocenters. The molecule has 0 aromatic rings. The summed E-state index contributed by atoms with van der Waals surface area (Å²) in [5, 5.41) is 0. The molecule has 0 heterocycles. The molecule has 0 aromatic heterocycles. The fourth-order valence-corrected chi connectivity index (χ4v) is 0.127. The molecule has 0 radical (unpaired) electrons. The maximum atomic E-state index is 11.6. The van der Waals surface area contributed by atoms with Gasteiger partial charge in [0.2, 0.25) is 0 Å². The molecule has 0 amide bonds. The summed E-state index contributed by atoms with van der Waals surface area (Å²) >= 11 is 0. The van der Waals surface area contributed by atoms with E-state index in [2.05, 4.69) is 0 Å². The average Bonchev–Trinajstić information content (AvgIpc) is 1.21. The molecule has 0 aliphatic rings. The van der Waals surface area contributed by atoms with E-state index in [0.29, 0.717) is 6.92 Å². The van der Waals surface area contributed by atoms with Crippen LogP contribution in [-0.4, -0.2) is 12.2 Å². The SMILES string of the molecule is [2H]C(=O)CC(C)(F)F. The second kappa shape index (κ2) is 2.00. The number of hydrogen-bond acceptors (Lipinski definition) is 1. The molecule has 7 heavy (non-hydrogen) atoms. The zero-order chi connectivity index (χ0) is 6.78. The number of hydrogen-bond donors (Lipinski definition) is 0. The van der Waals surface area contributed by atoms with Crippen molar-refractivity contribution in [2.75, 3.05) is 0 Å². The maximum Gasteiger partial charge on any atom is 0.251 e. The lowest BCUT2D eigenvalue weighted by atomic mass is 10.3. The molecule has 0 rings (SSSR count). The fourth-order valence-electron chi connectivity index (χ4n) is 0.127. The second-order valence-electron chi connectivity index (χ2n) is 1.39. The van der Waals surface area contributed by atoms with Crippen LogP contribution >= 0.6 is 0 Å². The number of halogens is 2. The molecule has 0 N–H and O–H groups in total. The van der Waals surface area contributed by atoms with Gasteiger partial charge in [0, 0.05) is 0 Å². The first-order valence-electron chi connectivity index (χ1n) is 2.29. The van der Waals surface area contributed by atoms with Crippen molar-refractivity contribution >= 4 is 6.26 Å². The van der Waals surface area contributed by atoms with Gasteiger partial charge >= 0.3 is 0 Å². The van der Waals surface area contributed by atoms with Crippen LogP contribution in [0.3, 0.4) is 0 Å². The topological polar surface area (TPSA) is 17.1 Å². The van der Waals surface area contributed by atoms with Gasteiger partial charge < -0.3 is 4.79 Å². The highest BCUT2D eigenvalue weighted by Crippen LogP contribution is 2.13. The van der Waals surface area contributed by atoms with E-state index in [9.17, 15) is 13.6 Å². The Kier molecular flexibility index (Phi) is 1.34. The summed E-state index contributed by atoms with van der Waals surface area (Å²) < 4.78 is 29.4. The van der Waals surface area contributed by atoms with E-state index < -0.39 is 18.6 Å². The Labute approximate surface area is 41.7 Å². The molecule has 0 fully saturated rings. The smallest absolute Gasteiger partial charge is 0.251 e. The highest BCUT2D eigenvalue weighted by atomic mass is 19.3. The van der Waals surface area contributed by atoms with Crippen molar-refractivity contribution in [2.24, 2.45) is 0 Å². The van der Waals surface area contributed by atoms with Gasteiger partial charge in [0.25, 0.3) is 5.92 Å². The first-order chi connectivity index (χ1) is 3.42. The molecule has 0 aromatic carbocycles. The molecule has 0 saturated heterocycles. The third kappa shape index (κ3) is 5.53. The van der Waals surface area contributed by atoms with E-state index in [1.807, 2.05) is 0 Å². The van der Waals surface area contributed by atoms with Gasteiger partial charge in [0.15, 0.2) is 0 Å². The lowest BCUT2D eigenvalue weighted by molar-refractivity contribution is -0.113. The van der Waals surface area contributed by atoms with Crippen LogP contribution in [0.25, 0.3) is 0 Å². The van der Waals surface area contributed by atoms with E-state index >= 15 is 0 Å². The largest absolute Gasteiger partial charge is 0.303 e. The average molecular weight is 109 g/mol. The molecule has 42 valence electrons. The van der Waals surface area contributed by atoms with E-state index in [0.717, 1.165) is 0 Å². The summed E-state index contributed by atoms with van der Waals surface area (Å²) in [6.07, 6.45) is -2.20. The summed E-state index contributed by atoms with van der Waals surface area (Å²) in [4.78, 5) is 9.65. The Morgan fingerprint density at radius 1 is 2.00 bits per heavy atom. The van der Waals surface area contributed by atoms with Crippen LogP contribution < -0.4 is 0 Å². The van der Waals surface area contributed by atoms with Crippen molar-refractivity contribution in [3.8, 4) is 0 Å². The van der Waals surface area contributed by atoms with Crippen molar-refractivity contribution in [2.45, 2.75) is 19.3 Å². The number of carbonyl (C=O) groups excluding carboxylic acids is 1. The van der Waals surface area contributed by atoms with Crippen LogP contribution in [0, 0.1) is 0 Å². The molecule has 0 aliphatic heterocycles. The monoisotopic (exact) mass is 109 g/mol. The summed E-state index contributed by atoms with van der Waals surface area (Å²) in [6.45, 7) is 0.611. The van der Waals surface area contributed by atoms with Crippen LogP contribution in [0.5, 0.6) is 0 Å². The van der Waals surface area contributed by atoms with Crippen LogP contribution in [0.15, 0.2) is 0 Å². The molecule has 0 aliphatic carbocycles. The molecule has 0 saturated carbocycles. The molecule has 1 nitrogen and oxygen atoms in total.